The van der Waals surface area contributed by atoms with Gasteiger partial charge in [0.05, 0.1) is 26.8 Å². The van der Waals surface area contributed by atoms with Crippen LogP contribution in [0.3, 0.4) is 0 Å². The van der Waals surface area contributed by atoms with E-state index in [1.54, 1.807) is 11.3 Å². The molecule has 29 heavy (non-hydrogen) atoms. The summed E-state index contributed by atoms with van der Waals surface area (Å²) in [7, 11) is 0. The molecule has 2 N–H and O–H groups in total. The van der Waals surface area contributed by atoms with Crippen molar-refractivity contribution in [3.63, 3.8) is 0 Å². The van der Waals surface area contributed by atoms with Gasteiger partial charge in [0.1, 0.15) is 0 Å². The minimum Gasteiger partial charge on any atom is -0.317 e. The molecule has 3 nitrogen and oxygen atoms in total. The first kappa shape index (κ1) is 19.8. The summed E-state index contributed by atoms with van der Waals surface area (Å²) in [6.07, 6.45) is 2.71. The van der Waals surface area contributed by atoms with Gasteiger partial charge >= 0.3 is 0 Å². The van der Waals surface area contributed by atoms with Gasteiger partial charge in [-0.2, -0.15) is 0 Å². The minimum absolute atomic E-state index is 0.689. The molecule has 0 spiro atoms. The van der Waals surface area contributed by atoms with E-state index in [1.165, 1.54) is 0 Å². The van der Waals surface area contributed by atoms with E-state index in [-0.39, 0.29) is 0 Å². The summed E-state index contributed by atoms with van der Waals surface area (Å²) in [6.45, 7) is 4.12. The second-order valence-electron chi connectivity index (χ2n) is 7.15. The van der Waals surface area contributed by atoms with Gasteiger partial charge in [-0.3, -0.25) is 4.98 Å². The monoisotopic (exact) mass is 419 g/mol. The summed E-state index contributed by atoms with van der Waals surface area (Å²) in [5, 5.41) is 1.79. The topological polar surface area (TPSA) is 51.8 Å². The van der Waals surface area contributed by atoms with Gasteiger partial charge < -0.3 is 5.73 Å². The van der Waals surface area contributed by atoms with Gasteiger partial charge in [-0.1, -0.05) is 61.0 Å². The molecule has 0 bridgehead atoms. The highest BCUT2D eigenvalue weighted by Crippen LogP contribution is 2.39. The van der Waals surface area contributed by atoms with Crippen LogP contribution in [0.25, 0.3) is 21.7 Å². The second-order valence-corrected chi connectivity index (χ2v) is 8.67. The van der Waals surface area contributed by atoms with Crippen molar-refractivity contribution in [3.8, 4) is 21.7 Å². The van der Waals surface area contributed by atoms with Crippen molar-refractivity contribution in [2.24, 2.45) is 5.73 Å². The molecule has 4 rings (SSSR count). The number of rotatable bonds is 5. The van der Waals surface area contributed by atoms with Crippen LogP contribution in [0.2, 0.25) is 5.02 Å². The van der Waals surface area contributed by atoms with Gasteiger partial charge in [0.25, 0.3) is 0 Å². The zero-order valence-electron chi connectivity index (χ0n) is 16.4. The summed E-state index contributed by atoms with van der Waals surface area (Å²) in [5.74, 6) is 0. The predicted octanol–water partition coefficient (Wildman–Crippen LogP) is 6.31. The van der Waals surface area contributed by atoms with Crippen LogP contribution in [0.5, 0.6) is 0 Å². The van der Waals surface area contributed by atoms with E-state index < -0.39 is 5.54 Å². The predicted molar refractivity (Wildman–Crippen MR) is 122 cm³/mol. The van der Waals surface area contributed by atoms with Crippen LogP contribution in [0.15, 0.2) is 72.9 Å². The number of nitrogens with two attached hydrogens (primary N) is 1. The van der Waals surface area contributed by atoms with E-state index in [4.69, 9.17) is 22.3 Å². The second kappa shape index (κ2) is 8.07. The molecular formula is C24H22ClN3S. The van der Waals surface area contributed by atoms with E-state index in [2.05, 4.69) is 18.0 Å². The molecular weight excluding hydrogens is 398 g/mol. The van der Waals surface area contributed by atoms with Crippen LogP contribution >= 0.6 is 22.9 Å². The quantitative estimate of drug-likeness (QED) is 0.412. The lowest BCUT2D eigenvalue weighted by atomic mass is 9.88. The molecule has 5 heteroatoms. The average molecular weight is 420 g/mol. The highest BCUT2D eigenvalue weighted by molar-refractivity contribution is 7.15. The Labute approximate surface area is 180 Å². The number of benzene rings is 2. The summed E-state index contributed by atoms with van der Waals surface area (Å²) >= 11 is 7.94. The summed E-state index contributed by atoms with van der Waals surface area (Å²) < 4.78 is 0. The Morgan fingerprint density at radius 1 is 1.00 bits per heavy atom. The fourth-order valence-electron chi connectivity index (χ4n) is 3.33. The third-order valence-electron chi connectivity index (χ3n) is 5.00. The first-order valence-electron chi connectivity index (χ1n) is 9.56. The molecule has 0 unspecified atom stereocenters. The van der Waals surface area contributed by atoms with Crippen LogP contribution < -0.4 is 5.73 Å². The lowest BCUT2D eigenvalue weighted by molar-refractivity contribution is 0.582. The number of aromatic nitrogens is 2. The lowest BCUT2D eigenvalue weighted by Gasteiger charge is -2.25. The first-order valence-corrected chi connectivity index (χ1v) is 10.8. The summed E-state index contributed by atoms with van der Waals surface area (Å²) in [5.41, 5.74) is 10.9. The smallest absolute Gasteiger partial charge is 0.0936 e. The average Bonchev–Trinajstić information content (AvgIpc) is 3.19. The molecule has 0 saturated heterocycles. The van der Waals surface area contributed by atoms with Crippen molar-refractivity contribution < 1.29 is 0 Å². The van der Waals surface area contributed by atoms with E-state index in [1.807, 2.05) is 73.8 Å². The zero-order chi connectivity index (χ0) is 20.4. The fraction of sp³-hybridized carbons (Fsp3) is 0.167. The largest absolute Gasteiger partial charge is 0.317 e. The Hall–Kier alpha value is -2.53. The number of hydrogen-bond donors (Lipinski definition) is 1. The standard InChI is InChI=1S/C24H22ClN3S/c1-3-21-28-22(16-8-7-11-19(25)14-16)23(29-21)17-12-13-27-20(15-17)24(2,26)18-9-5-4-6-10-18/h4-15H,3,26H2,1-2H3/t24-/m0/s1. The molecule has 0 aliphatic rings. The van der Waals surface area contributed by atoms with Gasteiger partial charge in [0, 0.05) is 16.8 Å². The molecule has 2 aromatic heterocycles. The van der Waals surface area contributed by atoms with Gasteiger partial charge in [0.2, 0.25) is 0 Å². The third kappa shape index (κ3) is 3.97. The lowest BCUT2D eigenvalue weighted by Crippen LogP contribution is -2.35. The van der Waals surface area contributed by atoms with E-state index >= 15 is 0 Å². The maximum absolute atomic E-state index is 6.71. The van der Waals surface area contributed by atoms with Crippen LogP contribution in [-0.4, -0.2) is 9.97 Å². The van der Waals surface area contributed by atoms with Crippen LogP contribution in [-0.2, 0) is 12.0 Å². The molecule has 146 valence electrons. The van der Waals surface area contributed by atoms with Crippen molar-refractivity contribution in [2.45, 2.75) is 25.8 Å². The molecule has 4 aromatic rings. The molecule has 0 aliphatic carbocycles. The molecule has 0 fully saturated rings. The van der Waals surface area contributed by atoms with Crippen molar-refractivity contribution in [1.82, 2.24) is 9.97 Å². The molecule has 2 heterocycles. The number of hydrogen-bond acceptors (Lipinski definition) is 4. The van der Waals surface area contributed by atoms with Crippen molar-refractivity contribution in [1.29, 1.82) is 0 Å². The SMILES string of the molecule is CCc1nc(-c2cccc(Cl)c2)c(-c2ccnc([C@@](C)(N)c3ccccc3)c2)s1. The Bertz CT molecular complexity index is 1140. The van der Waals surface area contributed by atoms with Crippen LogP contribution in [0.1, 0.15) is 30.1 Å². The number of pyridine rings is 1. The van der Waals surface area contributed by atoms with Crippen molar-refractivity contribution in [3.05, 3.63) is 94.2 Å². The molecule has 2 aromatic carbocycles. The first-order chi connectivity index (χ1) is 14.0. The van der Waals surface area contributed by atoms with E-state index in [0.717, 1.165) is 44.4 Å². The fourth-order valence-corrected chi connectivity index (χ4v) is 4.54. The summed E-state index contributed by atoms with van der Waals surface area (Å²) in [4.78, 5) is 10.6. The molecule has 1 atom stereocenters. The highest BCUT2D eigenvalue weighted by atomic mass is 35.5. The van der Waals surface area contributed by atoms with E-state index in [0.29, 0.717) is 5.02 Å². The molecule has 0 saturated carbocycles. The molecule has 0 aliphatic heterocycles. The number of nitrogens with zero attached hydrogens (tertiary/aromatic N) is 2. The Balaban J connectivity index is 1.83. The normalized spacial score (nSPS) is 13.2. The number of halogens is 1. The molecule has 0 radical (unpaired) electrons. The minimum atomic E-state index is -0.689. The third-order valence-corrected chi connectivity index (χ3v) is 6.48. The van der Waals surface area contributed by atoms with Crippen molar-refractivity contribution >= 4 is 22.9 Å². The zero-order valence-corrected chi connectivity index (χ0v) is 18.0. The Kier molecular flexibility index (Phi) is 5.50. The number of thiazole rings is 1. The van der Waals surface area contributed by atoms with Crippen LogP contribution in [0, 0.1) is 0 Å². The maximum atomic E-state index is 6.71. The van der Waals surface area contributed by atoms with Crippen molar-refractivity contribution in [2.75, 3.05) is 0 Å². The maximum Gasteiger partial charge on any atom is 0.0936 e. The van der Waals surface area contributed by atoms with E-state index in [9.17, 15) is 0 Å². The molecule has 0 amide bonds. The van der Waals surface area contributed by atoms with Gasteiger partial charge in [-0.15, -0.1) is 11.3 Å². The Morgan fingerprint density at radius 2 is 1.79 bits per heavy atom. The highest BCUT2D eigenvalue weighted by Gasteiger charge is 2.26. The van der Waals surface area contributed by atoms with Gasteiger partial charge in [-0.05, 0) is 48.7 Å². The van der Waals surface area contributed by atoms with Gasteiger partial charge in [-0.25, -0.2) is 4.98 Å². The summed E-state index contributed by atoms with van der Waals surface area (Å²) in [6, 6.07) is 22.0. The number of aryl methyl sites for hydroxylation is 1. The Morgan fingerprint density at radius 3 is 2.52 bits per heavy atom. The van der Waals surface area contributed by atoms with Crippen LogP contribution in [0.4, 0.5) is 0 Å². The van der Waals surface area contributed by atoms with Gasteiger partial charge in [0.15, 0.2) is 0 Å².